The molecule has 2 N–H and O–H groups in total. The normalized spacial score (nSPS) is 13.5. The van der Waals surface area contributed by atoms with Crippen LogP contribution in [0.1, 0.15) is 52.8 Å². The summed E-state index contributed by atoms with van der Waals surface area (Å²) in [5, 5.41) is 6.98. The van der Waals surface area contributed by atoms with Crippen LogP contribution in [-0.4, -0.2) is 27.4 Å². The topological polar surface area (TPSA) is 76.0 Å². The summed E-state index contributed by atoms with van der Waals surface area (Å²) in [6, 6.07) is 15.9. The molecule has 4 aromatic rings. The second-order valence-corrected chi connectivity index (χ2v) is 9.43. The van der Waals surface area contributed by atoms with Gasteiger partial charge in [0.05, 0.1) is 10.4 Å². The lowest BCUT2D eigenvalue weighted by molar-refractivity contribution is 0.0950. The molecule has 0 atom stereocenters. The summed E-state index contributed by atoms with van der Waals surface area (Å²) in [6.07, 6.45) is 5.78. The van der Waals surface area contributed by atoms with E-state index in [1.54, 1.807) is 6.20 Å². The number of nitrogens with zero attached hydrogens (tertiary/aromatic N) is 2. The Morgan fingerprint density at radius 2 is 1.88 bits per heavy atom. The van der Waals surface area contributed by atoms with Crippen LogP contribution in [0.25, 0.3) is 21.5 Å². The monoisotopic (exact) mass is 444 g/mol. The van der Waals surface area contributed by atoms with Gasteiger partial charge in [0.25, 0.3) is 11.8 Å². The van der Waals surface area contributed by atoms with Gasteiger partial charge >= 0.3 is 0 Å². The lowest BCUT2D eigenvalue weighted by atomic mass is 10.1. The summed E-state index contributed by atoms with van der Waals surface area (Å²) in [6.45, 7) is 4.20. The molecule has 6 nitrogen and oxygen atoms in total. The van der Waals surface area contributed by atoms with Crippen LogP contribution in [0.15, 0.2) is 60.9 Å². The fourth-order valence-electron chi connectivity index (χ4n) is 3.66. The number of pyridine rings is 1. The zero-order valence-electron chi connectivity index (χ0n) is 18.0. The van der Waals surface area contributed by atoms with Gasteiger partial charge in [-0.2, -0.15) is 0 Å². The van der Waals surface area contributed by atoms with E-state index in [0.717, 1.165) is 40.0 Å². The predicted molar refractivity (Wildman–Crippen MR) is 128 cm³/mol. The number of nitrogens with one attached hydrogen (secondary N) is 2. The van der Waals surface area contributed by atoms with Crippen LogP contribution in [0.4, 0.5) is 5.69 Å². The summed E-state index contributed by atoms with van der Waals surface area (Å²) in [5.74, 6) is -0.166. The van der Waals surface area contributed by atoms with Gasteiger partial charge in [-0.05, 0) is 62.6 Å². The van der Waals surface area contributed by atoms with Crippen molar-refractivity contribution in [2.75, 3.05) is 5.32 Å². The Labute approximate surface area is 190 Å². The first-order chi connectivity index (χ1) is 15.5. The Hall–Kier alpha value is -3.45. The third-order valence-electron chi connectivity index (χ3n) is 5.54. The van der Waals surface area contributed by atoms with E-state index in [9.17, 15) is 9.59 Å². The number of fused-ring (bicyclic) bond motifs is 1. The molecule has 0 unspecified atom stereocenters. The van der Waals surface area contributed by atoms with Crippen LogP contribution in [0.5, 0.6) is 0 Å². The van der Waals surface area contributed by atoms with Crippen LogP contribution < -0.4 is 10.6 Å². The summed E-state index contributed by atoms with van der Waals surface area (Å²) in [7, 11) is 0. The van der Waals surface area contributed by atoms with Crippen molar-refractivity contribution >= 4 is 39.1 Å². The van der Waals surface area contributed by atoms with Gasteiger partial charge in [-0.1, -0.05) is 18.2 Å². The first kappa shape index (κ1) is 20.5. The number of thiophene rings is 1. The molecule has 2 amide bonds. The molecule has 1 saturated carbocycles. The maximum Gasteiger partial charge on any atom is 0.265 e. The van der Waals surface area contributed by atoms with Crippen molar-refractivity contribution in [2.24, 2.45) is 0 Å². The molecule has 3 aromatic heterocycles. The third kappa shape index (κ3) is 4.16. The molecule has 0 radical (unpaired) electrons. The fraction of sp³-hybridized carbons (Fsp3) is 0.240. The summed E-state index contributed by atoms with van der Waals surface area (Å²) in [4.78, 5) is 31.0. The summed E-state index contributed by atoms with van der Waals surface area (Å²) in [5.41, 5.74) is 3.37. The fourth-order valence-corrected chi connectivity index (χ4v) is 4.56. The maximum atomic E-state index is 12.7. The molecular formula is C25H24N4O2S. The van der Waals surface area contributed by atoms with Crippen molar-refractivity contribution in [3.63, 3.8) is 0 Å². The SMILES string of the molecule is CC(C)n1cc(C(=O)NC2CC2)cc1-c1ccc(NC(=O)c2cc3cccnc3s2)cc1. The highest BCUT2D eigenvalue weighted by Gasteiger charge is 2.25. The molecule has 0 spiro atoms. The van der Waals surface area contributed by atoms with E-state index < -0.39 is 0 Å². The first-order valence-corrected chi connectivity index (χ1v) is 11.6. The highest BCUT2D eigenvalue weighted by molar-refractivity contribution is 7.20. The highest BCUT2D eigenvalue weighted by atomic mass is 32.1. The molecule has 32 heavy (non-hydrogen) atoms. The van der Waals surface area contributed by atoms with Crippen LogP contribution in [0.2, 0.25) is 0 Å². The third-order valence-corrected chi connectivity index (χ3v) is 6.59. The number of amides is 2. The van der Waals surface area contributed by atoms with Crippen molar-refractivity contribution in [1.29, 1.82) is 0 Å². The quantitative estimate of drug-likeness (QED) is 0.413. The highest BCUT2D eigenvalue weighted by Crippen LogP contribution is 2.29. The lowest BCUT2D eigenvalue weighted by Gasteiger charge is -2.13. The summed E-state index contributed by atoms with van der Waals surface area (Å²) < 4.78 is 2.11. The minimum Gasteiger partial charge on any atom is -0.349 e. The largest absolute Gasteiger partial charge is 0.349 e. The van der Waals surface area contributed by atoms with Crippen molar-refractivity contribution in [1.82, 2.24) is 14.9 Å². The van der Waals surface area contributed by atoms with Crippen LogP contribution in [0.3, 0.4) is 0 Å². The first-order valence-electron chi connectivity index (χ1n) is 10.8. The average Bonchev–Trinajstić information content (AvgIpc) is 3.31. The van der Waals surface area contributed by atoms with Gasteiger partial charge in [0.15, 0.2) is 0 Å². The molecular weight excluding hydrogens is 420 g/mol. The van der Waals surface area contributed by atoms with E-state index in [1.807, 2.05) is 54.7 Å². The van der Waals surface area contributed by atoms with Gasteiger partial charge in [-0.15, -0.1) is 11.3 Å². The second kappa shape index (κ2) is 8.24. The van der Waals surface area contributed by atoms with E-state index in [2.05, 4.69) is 34.0 Å². The molecule has 1 aliphatic carbocycles. The summed E-state index contributed by atoms with van der Waals surface area (Å²) >= 11 is 1.38. The number of hydrogen-bond donors (Lipinski definition) is 2. The molecule has 1 aromatic carbocycles. The molecule has 5 rings (SSSR count). The van der Waals surface area contributed by atoms with Gasteiger partial charge in [0.1, 0.15) is 4.83 Å². The molecule has 1 fully saturated rings. The molecule has 0 saturated heterocycles. The van der Waals surface area contributed by atoms with Crippen LogP contribution in [0, 0.1) is 0 Å². The van der Waals surface area contributed by atoms with Gasteiger partial charge < -0.3 is 15.2 Å². The second-order valence-electron chi connectivity index (χ2n) is 8.40. The molecule has 0 bridgehead atoms. The predicted octanol–water partition coefficient (Wildman–Crippen LogP) is 5.49. The van der Waals surface area contributed by atoms with E-state index >= 15 is 0 Å². The van der Waals surface area contributed by atoms with E-state index in [4.69, 9.17) is 0 Å². The van der Waals surface area contributed by atoms with Crippen molar-refractivity contribution in [2.45, 2.75) is 38.8 Å². The number of rotatable bonds is 6. The minimum atomic E-state index is -0.148. The van der Waals surface area contributed by atoms with Crippen LogP contribution >= 0.6 is 11.3 Å². The molecule has 0 aliphatic heterocycles. The van der Waals surface area contributed by atoms with Gasteiger partial charge in [-0.25, -0.2) is 4.98 Å². The number of carbonyl (C=O) groups is 2. The van der Waals surface area contributed by atoms with E-state index in [1.165, 1.54) is 11.3 Å². The van der Waals surface area contributed by atoms with Gasteiger partial charge in [0.2, 0.25) is 0 Å². The van der Waals surface area contributed by atoms with Gasteiger partial charge in [-0.3, -0.25) is 9.59 Å². The molecule has 7 heteroatoms. The Morgan fingerprint density at radius 3 is 2.56 bits per heavy atom. The Morgan fingerprint density at radius 1 is 1.09 bits per heavy atom. The van der Waals surface area contributed by atoms with Crippen molar-refractivity contribution in [3.8, 4) is 11.3 Å². The van der Waals surface area contributed by atoms with E-state index in [0.29, 0.717) is 16.5 Å². The number of anilines is 1. The average molecular weight is 445 g/mol. The van der Waals surface area contributed by atoms with Crippen molar-refractivity contribution in [3.05, 3.63) is 71.4 Å². The molecule has 1 aliphatic rings. The number of benzene rings is 1. The molecule has 162 valence electrons. The lowest BCUT2D eigenvalue weighted by Crippen LogP contribution is -2.24. The molecule has 3 heterocycles. The number of aromatic nitrogens is 2. The zero-order chi connectivity index (χ0) is 22.2. The minimum absolute atomic E-state index is 0.0186. The smallest absolute Gasteiger partial charge is 0.265 e. The maximum absolute atomic E-state index is 12.7. The van der Waals surface area contributed by atoms with Crippen LogP contribution in [-0.2, 0) is 0 Å². The van der Waals surface area contributed by atoms with E-state index in [-0.39, 0.29) is 17.9 Å². The van der Waals surface area contributed by atoms with Crippen molar-refractivity contribution < 1.29 is 9.59 Å². The zero-order valence-corrected chi connectivity index (χ0v) is 18.8. The Kier molecular flexibility index (Phi) is 5.27. The number of carbonyl (C=O) groups excluding carboxylic acids is 2. The van der Waals surface area contributed by atoms with Gasteiger partial charge in [0, 0.05) is 41.2 Å². The number of hydrogen-bond acceptors (Lipinski definition) is 4. The Bertz CT molecular complexity index is 1270. The Balaban J connectivity index is 1.35. The standard InChI is InChI=1S/C25H24N4O2S/c1-15(2)29-14-18(23(30)27-20-9-10-20)12-21(29)16-5-7-19(8-6-16)28-24(31)22-13-17-4-3-11-26-25(17)32-22/h3-8,11-15,20H,9-10H2,1-2H3,(H,27,30)(H,28,31).